The predicted octanol–water partition coefficient (Wildman–Crippen LogP) is 1.47. The zero-order valence-electron chi connectivity index (χ0n) is 9.98. The molecule has 94 valence electrons. The summed E-state index contributed by atoms with van der Waals surface area (Å²) in [4.78, 5) is 7.03. The van der Waals surface area contributed by atoms with E-state index in [1.165, 1.54) is 5.56 Å². The molecule has 0 spiro atoms. The van der Waals surface area contributed by atoms with Crippen LogP contribution >= 0.6 is 0 Å². The minimum atomic E-state index is 0.623. The smallest absolute Gasteiger partial charge is 0.161 e. The number of nitrogens with zero attached hydrogens (tertiary/aromatic N) is 1. The lowest BCUT2D eigenvalue weighted by molar-refractivity contribution is 0.171. The molecule has 0 saturated carbocycles. The van der Waals surface area contributed by atoms with Crippen molar-refractivity contribution in [1.29, 1.82) is 0 Å². The second-order valence-corrected chi connectivity index (χ2v) is 4.16. The Bertz CT molecular complexity index is 511. The summed E-state index contributed by atoms with van der Waals surface area (Å²) in [6, 6.07) is 6.03. The van der Waals surface area contributed by atoms with E-state index in [0.717, 1.165) is 30.3 Å². The number of ether oxygens (including phenoxy) is 2. The van der Waals surface area contributed by atoms with Crippen molar-refractivity contribution in [3.63, 3.8) is 0 Å². The van der Waals surface area contributed by atoms with Gasteiger partial charge >= 0.3 is 0 Å². The first-order valence-corrected chi connectivity index (χ1v) is 5.98. The van der Waals surface area contributed by atoms with Crippen LogP contribution in [-0.4, -0.2) is 23.2 Å². The number of hydrogen-bond acceptors (Lipinski definition) is 4. The number of hydrogen-bond donors (Lipinski definition) is 2. The SMILES string of the molecule is c1ncc(CNCc2ccc3c(c2)OCCO3)[nH]1. The molecular weight excluding hydrogens is 230 g/mol. The molecule has 0 saturated heterocycles. The highest BCUT2D eigenvalue weighted by Crippen LogP contribution is 2.30. The molecule has 0 amide bonds. The van der Waals surface area contributed by atoms with Gasteiger partial charge < -0.3 is 19.8 Å². The largest absolute Gasteiger partial charge is 0.486 e. The standard InChI is InChI=1S/C13H15N3O2/c1-2-12-13(18-4-3-17-12)5-10(1)6-14-7-11-8-15-9-16-11/h1-2,5,8-9,14H,3-4,6-7H2,(H,15,16). The van der Waals surface area contributed by atoms with Crippen molar-refractivity contribution in [3.8, 4) is 11.5 Å². The summed E-state index contributed by atoms with van der Waals surface area (Å²) in [6.45, 7) is 2.81. The average molecular weight is 245 g/mol. The fourth-order valence-corrected chi connectivity index (χ4v) is 1.92. The number of rotatable bonds is 4. The molecule has 5 heteroatoms. The van der Waals surface area contributed by atoms with Gasteiger partial charge in [-0.15, -0.1) is 0 Å². The van der Waals surface area contributed by atoms with Crippen molar-refractivity contribution in [2.45, 2.75) is 13.1 Å². The van der Waals surface area contributed by atoms with E-state index < -0.39 is 0 Å². The summed E-state index contributed by atoms with van der Waals surface area (Å²) in [6.07, 6.45) is 3.50. The van der Waals surface area contributed by atoms with Gasteiger partial charge in [-0.3, -0.25) is 0 Å². The van der Waals surface area contributed by atoms with Gasteiger partial charge in [0.15, 0.2) is 11.5 Å². The Balaban J connectivity index is 1.59. The molecular formula is C13H15N3O2. The molecule has 1 aromatic heterocycles. The van der Waals surface area contributed by atoms with Gasteiger partial charge in [-0.05, 0) is 17.7 Å². The van der Waals surface area contributed by atoms with E-state index in [-0.39, 0.29) is 0 Å². The zero-order valence-corrected chi connectivity index (χ0v) is 9.98. The van der Waals surface area contributed by atoms with Crippen molar-refractivity contribution in [2.75, 3.05) is 13.2 Å². The van der Waals surface area contributed by atoms with Crippen LogP contribution in [0, 0.1) is 0 Å². The summed E-state index contributed by atoms with van der Waals surface area (Å²) in [5.41, 5.74) is 2.26. The third-order valence-electron chi connectivity index (χ3n) is 2.81. The minimum absolute atomic E-state index is 0.623. The molecule has 0 atom stereocenters. The van der Waals surface area contributed by atoms with E-state index in [0.29, 0.717) is 13.2 Å². The lowest BCUT2D eigenvalue weighted by atomic mass is 10.2. The summed E-state index contributed by atoms with van der Waals surface area (Å²) in [5.74, 6) is 1.67. The summed E-state index contributed by atoms with van der Waals surface area (Å²) in [7, 11) is 0. The maximum atomic E-state index is 5.55. The van der Waals surface area contributed by atoms with Crippen LogP contribution in [0.5, 0.6) is 11.5 Å². The molecule has 0 radical (unpaired) electrons. The molecule has 2 N–H and O–H groups in total. The molecule has 5 nitrogen and oxygen atoms in total. The quantitative estimate of drug-likeness (QED) is 0.856. The second-order valence-electron chi connectivity index (χ2n) is 4.16. The first kappa shape index (κ1) is 11.1. The molecule has 0 fully saturated rings. The highest BCUT2D eigenvalue weighted by atomic mass is 16.6. The van der Waals surface area contributed by atoms with Gasteiger partial charge in [0.1, 0.15) is 13.2 Å². The van der Waals surface area contributed by atoms with Crippen LogP contribution in [0.25, 0.3) is 0 Å². The van der Waals surface area contributed by atoms with Crippen molar-refractivity contribution in [1.82, 2.24) is 15.3 Å². The van der Waals surface area contributed by atoms with Crippen LogP contribution in [-0.2, 0) is 13.1 Å². The van der Waals surface area contributed by atoms with Gasteiger partial charge in [0.05, 0.1) is 6.33 Å². The minimum Gasteiger partial charge on any atom is -0.486 e. The van der Waals surface area contributed by atoms with Gasteiger partial charge in [-0.25, -0.2) is 4.98 Å². The number of nitrogens with one attached hydrogen (secondary N) is 2. The van der Waals surface area contributed by atoms with E-state index in [1.54, 1.807) is 6.33 Å². The molecule has 2 aromatic rings. The highest BCUT2D eigenvalue weighted by molar-refractivity contribution is 5.43. The van der Waals surface area contributed by atoms with Gasteiger partial charge in [-0.1, -0.05) is 6.07 Å². The van der Waals surface area contributed by atoms with Gasteiger partial charge in [0.2, 0.25) is 0 Å². The van der Waals surface area contributed by atoms with Crippen LogP contribution in [0.4, 0.5) is 0 Å². The van der Waals surface area contributed by atoms with E-state index in [1.807, 2.05) is 24.4 Å². The van der Waals surface area contributed by atoms with Crippen LogP contribution in [0.3, 0.4) is 0 Å². The van der Waals surface area contributed by atoms with Gasteiger partial charge in [0, 0.05) is 25.0 Å². The zero-order chi connectivity index (χ0) is 12.2. The third kappa shape index (κ3) is 2.46. The molecule has 18 heavy (non-hydrogen) atoms. The second kappa shape index (κ2) is 5.10. The number of benzene rings is 1. The lowest BCUT2D eigenvalue weighted by Gasteiger charge is -2.18. The Morgan fingerprint density at radius 1 is 1.17 bits per heavy atom. The number of aromatic amines is 1. The number of H-pyrrole nitrogens is 1. The lowest BCUT2D eigenvalue weighted by Crippen LogP contribution is -2.16. The first-order valence-electron chi connectivity index (χ1n) is 5.98. The topological polar surface area (TPSA) is 59.2 Å². The normalized spacial score (nSPS) is 13.6. The van der Waals surface area contributed by atoms with Crippen LogP contribution in [0.2, 0.25) is 0 Å². The molecule has 1 aromatic carbocycles. The maximum absolute atomic E-state index is 5.55. The summed E-state index contributed by atoms with van der Waals surface area (Å²) in [5, 5.41) is 3.34. The Morgan fingerprint density at radius 3 is 2.89 bits per heavy atom. The van der Waals surface area contributed by atoms with Crippen LogP contribution in [0.15, 0.2) is 30.7 Å². The molecule has 0 aliphatic carbocycles. The van der Waals surface area contributed by atoms with Gasteiger partial charge in [0.25, 0.3) is 0 Å². The fourth-order valence-electron chi connectivity index (χ4n) is 1.92. The molecule has 1 aliphatic heterocycles. The van der Waals surface area contributed by atoms with Crippen molar-refractivity contribution in [2.24, 2.45) is 0 Å². The Morgan fingerprint density at radius 2 is 2.06 bits per heavy atom. The summed E-state index contributed by atoms with van der Waals surface area (Å²) >= 11 is 0. The van der Waals surface area contributed by atoms with E-state index in [9.17, 15) is 0 Å². The van der Waals surface area contributed by atoms with Crippen LogP contribution in [0.1, 0.15) is 11.3 Å². The number of fused-ring (bicyclic) bond motifs is 1. The van der Waals surface area contributed by atoms with Crippen molar-refractivity contribution < 1.29 is 9.47 Å². The predicted molar refractivity (Wildman–Crippen MR) is 66.6 cm³/mol. The number of aromatic nitrogens is 2. The van der Waals surface area contributed by atoms with E-state index in [2.05, 4.69) is 15.3 Å². The van der Waals surface area contributed by atoms with Crippen molar-refractivity contribution in [3.05, 3.63) is 42.0 Å². The Hall–Kier alpha value is -2.01. The van der Waals surface area contributed by atoms with Crippen LogP contribution < -0.4 is 14.8 Å². The highest BCUT2D eigenvalue weighted by Gasteiger charge is 2.11. The Kier molecular flexibility index (Phi) is 3.14. The number of imidazole rings is 1. The average Bonchev–Trinajstić information content (AvgIpc) is 2.92. The maximum Gasteiger partial charge on any atom is 0.161 e. The summed E-state index contributed by atoms with van der Waals surface area (Å²) < 4.78 is 11.0. The molecule has 2 heterocycles. The first-order chi connectivity index (χ1) is 8.92. The molecule has 0 unspecified atom stereocenters. The fraction of sp³-hybridized carbons (Fsp3) is 0.308. The third-order valence-corrected chi connectivity index (χ3v) is 2.81. The monoisotopic (exact) mass is 245 g/mol. The van der Waals surface area contributed by atoms with Gasteiger partial charge in [-0.2, -0.15) is 0 Å². The molecule has 0 bridgehead atoms. The molecule has 1 aliphatic rings. The van der Waals surface area contributed by atoms with Crippen molar-refractivity contribution >= 4 is 0 Å². The molecule has 3 rings (SSSR count). The van der Waals surface area contributed by atoms with E-state index in [4.69, 9.17) is 9.47 Å². The van der Waals surface area contributed by atoms with E-state index >= 15 is 0 Å². The Labute approximate surface area is 105 Å².